The molecule has 0 aromatic heterocycles. The Bertz CT molecular complexity index is 1080. The Morgan fingerprint density at radius 3 is 2.27 bits per heavy atom. The lowest BCUT2D eigenvalue weighted by Crippen LogP contribution is -2.42. The van der Waals surface area contributed by atoms with Crippen LogP contribution in [-0.4, -0.2) is 23.3 Å². The van der Waals surface area contributed by atoms with Crippen molar-refractivity contribution in [1.82, 2.24) is 0 Å². The van der Waals surface area contributed by atoms with Crippen LogP contribution in [0.1, 0.15) is 23.1 Å². The molecule has 3 aromatic carbocycles. The lowest BCUT2D eigenvalue weighted by Gasteiger charge is -2.22. The Morgan fingerprint density at radius 1 is 0.900 bits per heavy atom. The molecule has 1 heterocycles. The van der Waals surface area contributed by atoms with Gasteiger partial charge in [-0.2, -0.15) is 0 Å². The van der Waals surface area contributed by atoms with Crippen molar-refractivity contribution < 1.29 is 14.7 Å². The predicted molar refractivity (Wildman–Crippen MR) is 118 cm³/mol. The van der Waals surface area contributed by atoms with Crippen LogP contribution in [0, 0.1) is 0 Å². The third-order valence-electron chi connectivity index (χ3n) is 5.40. The fourth-order valence-corrected chi connectivity index (χ4v) is 3.85. The average Bonchev–Trinajstić information content (AvgIpc) is 2.99. The fourth-order valence-electron chi connectivity index (χ4n) is 3.85. The molecule has 0 aliphatic carbocycles. The van der Waals surface area contributed by atoms with Gasteiger partial charge in [0.15, 0.2) is 11.4 Å². The van der Waals surface area contributed by atoms with Gasteiger partial charge in [-0.1, -0.05) is 84.9 Å². The number of nitrogens with zero attached hydrogens (tertiary/aromatic N) is 1. The zero-order chi connectivity index (χ0) is 21.0. The number of aliphatic hydroxyl groups is 1. The zero-order valence-electron chi connectivity index (χ0n) is 16.6. The number of benzene rings is 3. The van der Waals surface area contributed by atoms with E-state index in [9.17, 15) is 14.7 Å². The van der Waals surface area contributed by atoms with Crippen molar-refractivity contribution in [2.45, 2.75) is 18.4 Å². The molecular formula is C26H23NO3. The van der Waals surface area contributed by atoms with Gasteiger partial charge in [0.25, 0.3) is 5.91 Å². The first-order valence-corrected chi connectivity index (χ1v) is 10.0. The monoisotopic (exact) mass is 397 g/mol. The van der Waals surface area contributed by atoms with Gasteiger partial charge >= 0.3 is 0 Å². The minimum absolute atomic E-state index is 0.284. The van der Waals surface area contributed by atoms with Crippen LogP contribution >= 0.6 is 0 Å². The summed E-state index contributed by atoms with van der Waals surface area (Å²) in [5, 5.41) is 11.3. The summed E-state index contributed by atoms with van der Waals surface area (Å²) in [6, 6.07) is 26.5. The number of carbonyl (C=O) groups is 2. The van der Waals surface area contributed by atoms with Crippen molar-refractivity contribution in [3.8, 4) is 0 Å². The predicted octanol–water partition coefficient (Wildman–Crippen LogP) is 4.14. The average molecular weight is 397 g/mol. The molecule has 1 amide bonds. The highest BCUT2D eigenvalue weighted by Gasteiger charge is 2.50. The number of para-hydroxylation sites is 1. The summed E-state index contributed by atoms with van der Waals surface area (Å²) in [7, 11) is 0. The van der Waals surface area contributed by atoms with Gasteiger partial charge in [0, 0.05) is 12.1 Å². The van der Waals surface area contributed by atoms with Crippen LogP contribution in [0.3, 0.4) is 0 Å². The summed E-state index contributed by atoms with van der Waals surface area (Å²) in [4.78, 5) is 27.4. The van der Waals surface area contributed by atoms with Gasteiger partial charge in [-0.05, 0) is 29.7 Å². The Labute approximate surface area is 176 Å². The summed E-state index contributed by atoms with van der Waals surface area (Å²) in [6.07, 6.45) is 3.51. The SMILES string of the molecule is O=C(/C=C\c1ccccc1)C[C@]1(O)C(=O)N(CCc2ccccc2)c2ccccc21. The molecule has 1 atom stereocenters. The maximum atomic E-state index is 13.2. The minimum atomic E-state index is -1.84. The second-order valence-electron chi connectivity index (χ2n) is 7.46. The van der Waals surface area contributed by atoms with Crippen LogP contribution in [0.4, 0.5) is 5.69 Å². The van der Waals surface area contributed by atoms with Crippen LogP contribution in [0.5, 0.6) is 0 Å². The van der Waals surface area contributed by atoms with Crippen molar-refractivity contribution in [2.24, 2.45) is 0 Å². The van der Waals surface area contributed by atoms with Gasteiger partial charge in [-0.3, -0.25) is 9.59 Å². The van der Waals surface area contributed by atoms with Gasteiger partial charge in [0.1, 0.15) is 0 Å². The molecule has 0 spiro atoms. The Balaban J connectivity index is 1.54. The molecule has 0 saturated carbocycles. The van der Waals surface area contributed by atoms with Crippen LogP contribution in [0.15, 0.2) is 91.0 Å². The topological polar surface area (TPSA) is 57.6 Å². The van der Waals surface area contributed by atoms with E-state index in [0.29, 0.717) is 24.2 Å². The highest BCUT2D eigenvalue weighted by Crippen LogP contribution is 2.42. The number of allylic oxidation sites excluding steroid dienone is 1. The number of ketones is 1. The van der Waals surface area contributed by atoms with E-state index in [1.54, 1.807) is 23.1 Å². The molecule has 4 heteroatoms. The molecule has 30 heavy (non-hydrogen) atoms. The van der Waals surface area contributed by atoms with Crippen LogP contribution < -0.4 is 4.90 Å². The lowest BCUT2D eigenvalue weighted by atomic mass is 9.89. The van der Waals surface area contributed by atoms with Gasteiger partial charge in [0.05, 0.1) is 12.1 Å². The van der Waals surface area contributed by atoms with E-state index in [1.807, 2.05) is 72.8 Å². The molecular weight excluding hydrogens is 374 g/mol. The van der Waals surface area contributed by atoms with Crippen molar-refractivity contribution >= 4 is 23.5 Å². The van der Waals surface area contributed by atoms with Gasteiger partial charge < -0.3 is 10.0 Å². The van der Waals surface area contributed by atoms with E-state index in [2.05, 4.69) is 0 Å². The van der Waals surface area contributed by atoms with E-state index in [0.717, 1.165) is 11.1 Å². The molecule has 0 bridgehead atoms. The van der Waals surface area contributed by atoms with E-state index in [1.165, 1.54) is 6.08 Å². The number of fused-ring (bicyclic) bond motifs is 1. The molecule has 0 fully saturated rings. The largest absolute Gasteiger partial charge is 0.375 e. The van der Waals surface area contributed by atoms with Crippen LogP contribution in [-0.2, 0) is 21.6 Å². The van der Waals surface area contributed by atoms with E-state index < -0.39 is 11.5 Å². The summed E-state index contributed by atoms with van der Waals surface area (Å²) < 4.78 is 0. The van der Waals surface area contributed by atoms with Crippen molar-refractivity contribution in [2.75, 3.05) is 11.4 Å². The van der Waals surface area contributed by atoms with Gasteiger partial charge in [0.2, 0.25) is 0 Å². The summed E-state index contributed by atoms with van der Waals surface area (Å²) in [5.41, 5.74) is 1.32. The minimum Gasteiger partial charge on any atom is -0.375 e. The highest BCUT2D eigenvalue weighted by molar-refractivity contribution is 6.10. The van der Waals surface area contributed by atoms with E-state index >= 15 is 0 Å². The summed E-state index contributed by atoms with van der Waals surface area (Å²) in [6.45, 7) is 0.441. The van der Waals surface area contributed by atoms with E-state index in [4.69, 9.17) is 0 Å². The zero-order valence-corrected chi connectivity index (χ0v) is 16.6. The van der Waals surface area contributed by atoms with Crippen LogP contribution in [0.25, 0.3) is 6.08 Å². The molecule has 1 aliphatic rings. The smallest absolute Gasteiger partial charge is 0.264 e. The first kappa shape index (κ1) is 19.8. The first-order chi connectivity index (χ1) is 14.6. The molecule has 3 aromatic rings. The molecule has 0 saturated heterocycles. The molecule has 1 aliphatic heterocycles. The normalized spacial score (nSPS) is 18.0. The first-order valence-electron chi connectivity index (χ1n) is 10.0. The van der Waals surface area contributed by atoms with Gasteiger partial charge in [-0.15, -0.1) is 0 Å². The molecule has 1 N–H and O–H groups in total. The molecule has 0 unspecified atom stereocenters. The molecule has 150 valence electrons. The maximum Gasteiger partial charge on any atom is 0.264 e. The third-order valence-corrected chi connectivity index (χ3v) is 5.40. The Hall–Kier alpha value is -3.50. The Morgan fingerprint density at radius 2 is 1.53 bits per heavy atom. The second kappa shape index (κ2) is 8.47. The quantitative estimate of drug-likeness (QED) is 0.610. The van der Waals surface area contributed by atoms with Crippen molar-refractivity contribution in [3.63, 3.8) is 0 Å². The number of anilines is 1. The fraction of sp³-hybridized carbons (Fsp3) is 0.154. The third kappa shape index (κ3) is 3.95. The van der Waals surface area contributed by atoms with Crippen molar-refractivity contribution in [3.05, 3.63) is 108 Å². The Kier molecular flexibility index (Phi) is 5.59. The molecule has 4 rings (SSSR count). The number of amides is 1. The second-order valence-corrected chi connectivity index (χ2v) is 7.46. The summed E-state index contributed by atoms with van der Waals surface area (Å²) >= 11 is 0. The van der Waals surface area contributed by atoms with Gasteiger partial charge in [-0.25, -0.2) is 0 Å². The standard InChI is InChI=1S/C26H23NO3/c28-22(16-15-20-9-3-1-4-10-20)19-26(30)23-13-7-8-14-24(23)27(25(26)29)18-17-21-11-5-2-6-12-21/h1-16,30H,17-19H2/b16-15-/t26-/m1/s1. The number of rotatable bonds is 7. The highest BCUT2D eigenvalue weighted by atomic mass is 16.3. The number of hydrogen-bond donors (Lipinski definition) is 1. The maximum absolute atomic E-state index is 13.2. The van der Waals surface area contributed by atoms with Crippen molar-refractivity contribution in [1.29, 1.82) is 0 Å². The number of carbonyl (C=O) groups excluding carboxylic acids is 2. The lowest BCUT2D eigenvalue weighted by molar-refractivity contribution is -0.140. The molecule has 4 nitrogen and oxygen atoms in total. The summed E-state index contributed by atoms with van der Waals surface area (Å²) in [5.74, 6) is -0.740. The number of hydrogen-bond acceptors (Lipinski definition) is 3. The van der Waals surface area contributed by atoms with E-state index in [-0.39, 0.29) is 12.2 Å². The molecule has 0 radical (unpaired) electrons. The van der Waals surface area contributed by atoms with Crippen LogP contribution in [0.2, 0.25) is 0 Å².